The molecule has 0 aromatic heterocycles. The van der Waals surface area contributed by atoms with Gasteiger partial charge in [-0.05, 0) is 48.9 Å². The molecule has 2 aromatic rings. The standard InChI is InChI=1S/C21H22O10/c1-10(11-3-2-4-14(9-11)29-13-7-5-12(22)6-8-13)20(28)31-21-17(25)15(23)16(24)18(30-21)19(26)27/h2-10,15-18,21-25H,1H3,(H,26,27)/t10?,15-,16-,17+,18-,21-/m0/s1. The number of rotatable bonds is 6. The molecule has 0 radical (unpaired) electrons. The maximum absolute atomic E-state index is 12.6. The fraction of sp³-hybridized carbons (Fsp3) is 0.333. The monoisotopic (exact) mass is 434 g/mol. The first-order valence-electron chi connectivity index (χ1n) is 9.37. The third-order valence-corrected chi connectivity index (χ3v) is 4.83. The summed E-state index contributed by atoms with van der Waals surface area (Å²) in [6.45, 7) is 1.52. The minimum absolute atomic E-state index is 0.0901. The van der Waals surface area contributed by atoms with Gasteiger partial charge in [-0.3, -0.25) is 4.79 Å². The molecular formula is C21H22O10. The van der Waals surface area contributed by atoms with E-state index in [2.05, 4.69) is 0 Å². The largest absolute Gasteiger partial charge is 0.508 e. The Kier molecular flexibility index (Phi) is 6.76. The minimum atomic E-state index is -1.88. The van der Waals surface area contributed by atoms with Crippen LogP contribution >= 0.6 is 0 Å². The number of hydrogen-bond acceptors (Lipinski definition) is 9. The molecule has 166 valence electrons. The number of benzene rings is 2. The van der Waals surface area contributed by atoms with Gasteiger partial charge in [-0.25, -0.2) is 4.79 Å². The van der Waals surface area contributed by atoms with E-state index in [0.29, 0.717) is 17.1 Å². The van der Waals surface area contributed by atoms with Gasteiger partial charge < -0.3 is 39.7 Å². The Labute approximate surface area is 176 Å². The Morgan fingerprint density at radius 2 is 1.65 bits per heavy atom. The molecule has 0 spiro atoms. The molecule has 1 unspecified atom stereocenters. The zero-order chi connectivity index (χ0) is 22.7. The van der Waals surface area contributed by atoms with Crippen LogP contribution in [0.5, 0.6) is 17.2 Å². The number of phenols is 1. The maximum atomic E-state index is 12.6. The van der Waals surface area contributed by atoms with Crippen molar-refractivity contribution >= 4 is 11.9 Å². The zero-order valence-corrected chi connectivity index (χ0v) is 16.4. The van der Waals surface area contributed by atoms with Gasteiger partial charge in [0.25, 0.3) is 0 Å². The molecule has 0 amide bonds. The summed E-state index contributed by atoms with van der Waals surface area (Å²) >= 11 is 0. The molecule has 1 fully saturated rings. The molecule has 2 aromatic carbocycles. The lowest BCUT2D eigenvalue weighted by atomic mass is 9.98. The van der Waals surface area contributed by atoms with Crippen molar-refractivity contribution in [3.05, 3.63) is 54.1 Å². The average Bonchev–Trinajstić information content (AvgIpc) is 2.75. The predicted molar refractivity (Wildman–Crippen MR) is 103 cm³/mol. The summed E-state index contributed by atoms with van der Waals surface area (Å²) in [5.74, 6) is -2.30. The van der Waals surface area contributed by atoms with Gasteiger partial charge in [-0.2, -0.15) is 0 Å². The molecule has 10 heteroatoms. The first-order valence-corrected chi connectivity index (χ1v) is 9.37. The second-order valence-electron chi connectivity index (χ2n) is 7.06. The molecule has 3 rings (SSSR count). The summed E-state index contributed by atoms with van der Waals surface area (Å²) in [5, 5.41) is 47.9. The summed E-state index contributed by atoms with van der Waals surface area (Å²) in [6.07, 6.45) is -9.22. The number of carboxylic acids is 1. The second-order valence-corrected chi connectivity index (χ2v) is 7.06. The SMILES string of the molecule is CC(C(=O)O[C@@H]1O[C@H](C(=O)O)[C@@H](O)[C@H](O)[C@H]1O)c1cccc(Oc2ccc(O)cc2)c1. The molecule has 31 heavy (non-hydrogen) atoms. The molecule has 0 bridgehead atoms. The fourth-order valence-corrected chi connectivity index (χ4v) is 3.00. The number of ether oxygens (including phenoxy) is 3. The van der Waals surface area contributed by atoms with Crippen LogP contribution in [0.1, 0.15) is 18.4 Å². The lowest BCUT2D eigenvalue weighted by Gasteiger charge is -2.38. The van der Waals surface area contributed by atoms with Crippen molar-refractivity contribution in [2.45, 2.75) is 43.5 Å². The zero-order valence-electron chi connectivity index (χ0n) is 16.4. The lowest BCUT2D eigenvalue weighted by molar-refractivity contribution is -0.286. The minimum Gasteiger partial charge on any atom is -0.508 e. The maximum Gasteiger partial charge on any atom is 0.335 e. The smallest absolute Gasteiger partial charge is 0.335 e. The van der Waals surface area contributed by atoms with Crippen LogP contribution in [0.2, 0.25) is 0 Å². The van der Waals surface area contributed by atoms with Crippen LogP contribution in [0.15, 0.2) is 48.5 Å². The van der Waals surface area contributed by atoms with Crippen molar-refractivity contribution in [2.24, 2.45) is 0 Å². The van der Waals surface area contributed by atoms with E-state index in [1.807, 2.05) is 0 Å². The average molecular weight is 434 g/mol. The molecule has 1 saturated heterocycles. The van der Waals surface area contributed by atoms with E-state index < -0.39 is 48.6 Å². The van der Waals surface area contributed by atoms with E-state index in [1.54, 1.807) is 36.4 Å². The number of carboxylic acid groups (broad SMARTS) is 1. The highest BCUT2D eigenvalue weighted by Gasteiger charge is 2.48. The molecule has 10 nitrogen and oxygen atoms in total. The Bertz CT molecular complexity index is 928. The van der Waals surface area contributed by atoms with E-state index in [1.165, 1.54) is 19.1 Å². The van der Waals surface area contributed by atoms with Gasteiger partial charge in [0.05, 0.1) is 5.92 Å². The predicted octanol–water partition coefficient (Wildman–Crippen LogP) is 0.723. The van der Waals surface area contributed by atoms with Gasteiger partial charge in [-0.15, -0.1) is 0 Å². The lowest BCUT2D eigenvalue weighted by Crippen LogP contribution is -2.60. The number of carbonyl (C=O) groups is 2. The van der Waals surface area contributed by atoms with Crippen molar-refractivity contribution in [1.82, 2.24) is 0 Å². The van der Waals surface area contributed by atoms with Gasteiger partial charge in [0.15, 0.2) is 6.10 Å². The van der Waals surface area contributed by atoms with E-state index in [0.717, 1.165) is 0 Å². The molecular weight excluding hydrogens is 412 g/mol. The third kappa shape index (κ3) is 5.12. The normalized spacial score (nSPS) is 26.6. The molecule has 1 aliphatic rings. The number of aliphatic hydroxyl groups excluding tert-OH is 3. The summed E-state index contributed by atoms with van der Waals surface area (Å²) in [4.78, 5) is 23.7. The molecule has 1 aliphatic heterocycles. The van der Waals surface area contributed by atoms with E-state index in [9.17, 15) is 30.0 Å². The van der Waals surface area contributed by atoms with E-state index in [-0.39, 0.29) is 5.75 Å². The van der Waals surface area contributed by atoms with Crippen molar-refractivity contribution in [3.63, 3.8) is 0 Å². The molecule has 0 aliphatic carbocycles. The van der Waals surface area contributed by atoms with E-state index in [4.69, 9.17) is 19.3 Å². The summed E-state index contributed by atoms with van der Waals surface area (Å²) in [6, 6.07) is 12.6. The number of carbonyl (C=O) groups excluding carboxylic acids is 1. The number of hydrogen-bond donors (Lipinski definition) is 5. The van der Waals surface area contributed by atoms with Crippen LogP contribution in [-0.2, 0) is 19.1 Å². The number of aliphatic hydroxyl groups is 3. The number of aromatic hydroxyl groups is 1. The van der Waals surface area contributed by atoms with Crippen molar-refractivity contribution in [3.8, 4) is 17.2 Å². The van der Waals surface area contributed by atoms with Crippen LogP contribution in [0, 0.1) is 0 Å². The first kappa shape index (κ1) is 22.5. The molecule has 5 N–H and O–H groups in total. The topological polar surface area (TPSA) is 163 Å². The molecule has 1 heterocycles. The van der Waals surface area contributed by atoms with Crippen LogP contribution in [0.25, 0.3) is 0 Å². The number of aliphatic carboxylic acids is 1. The Hall–Kier alpha value is -3.18. The van der Waals surface area contributed by atoms with Crippen molar-refractivity contribution in [2.75, 3.05) is 0 Å². The van der Waals surface area contributed by atoms with Gasteiger partial charge in [0.1, 0.15) is 35.6 Å². The summed E-state index contributed by atoms with van der Waals surface area (Å²) < 4.78 is 15.7. The fourth-order valence-electron chi connectivity index (χ4n) is 3.00. The summed E-state index contributed by atoms with van der Waals surface area (Å²) in [7, 11) is 0. The van der Waals surface area contributed by atoms with Gasteiger partial charge in [-0.1, -0.05) is 12.1 Å². The molecule has 0 saturated carbocycles. The second kappa shape index (κ2) is 9.31. The third-order valence-electron chi connectivity index (χ3n) is 4.83. The van der Waals surface area contributed by atoms with Crippen molar-refractivity contribution < 1.29 is 49.3 Å². The highest BCUT2D eigenvalue weighted by molar-refractivity contribution is 5.78. The summed E-state index contributed by atoms with van der Waals surface area (Å²) in [5.41, 5.74) is 0.502. The van der Waals surface area contributed by atoms with Crippen LogP contribution in [-0.4, -0.2) is 68.2 Å². The van der Waals surface area contributed by atoms with Gasteiger partial charge in [0, 0.05) is 0 Å². The van der Waals surface area contributed by atoms with Crippen molar-refractivity contribution in [1.29, 1.82) is 0 Å². The van der Waals surface area contributed by atoms with Crippen LogP contribution < -0.4 is 4.74 Å². The highest BCUT2D eigenvalue weighted by atomic mass is 16.7. The van der Waals surface area contributed by atoms with E-state index >= 15 is 0 Å². The Morgan fingerprint density at radius 1 is 0.968 bits per heavy atom. The number of esters is 1. The van der Waals surface area contributed by atoms with Crippen LogP contribution in [0.4, 0.5) is 0 Å². The highest BCUT2D eigenvalue weighted by Crippen LogP contribution is 2.29. The van der Waals surface area contributed by atoms with Crippen LogP contribution in [0.3, 0.4) is 0 Å². The van der Waals surface area contributed by atoms with Gasteiger partial charge in [0.2, 0.25) is 6.29 Å². The first-order chi connectivity index (χ1) is 14.7. The van der Waals surface area contributed by atoms with Gasteiger partial charge >= 0.3 is 11.9 Å². The molecule has 6 atom stereocenters. The Morgan fingerprint density at radius 3 is 2.29 bits per heavy atom. The quantitative estimate of drug-likeness (QED) is 0.409. The Balaban J connectivity index is 1.69. The number of phenolic OH excluding ortho intramolecular Hbond substituents is 1.